The van der Waals surface area contributed by atoms with Crippen molar-refractivity contribution in [3.05, 3.63) is 150 Å². The van der Waals surface area contributed by atoms with Crippen LogP contribution in [0.5, 0.6) is 0 Å². The molecule has 0 N–H and O–H groups in total. The molecule has 224 valence electrons. The van der Waals surface area contributed by atoms with Crippen molar-refractivity contribution in [3.8, 4) is 0 Å². The van der Waals surface area contributed by atoms with Crippen LogP contribution in [0.25, 0.3) is 0 Å². The molecule has 0 aliphatic carbocycles. The van der Waals surface area contributed by atoms with Crippen LogP contribution in [-0.2, 0) is 0 Å². The molecule has 0 bridgehead atoms. The van der Waals surface area contributed by atoms with Gasteiger partial charge in [-0.1, -0.05) is 154 Å². The van der Waals surface area contributed by atoms with E-state index in [0.717, 1.165) is 23.1 Å². The van der Waals surface area contributed by atoms with Crippen molar-refractivity contribution in [1.29, 1.82) is 0 Å². The van der Waals surface area contributed by atoms with Gasteiger partial charge in [-0.2, -0.15) is 0 Å². The molecule has 5 aromatic carbocycles. The largest absolute Gasteiger partial charge is 0.277 e. The zero-order chi connectivity index (χ0) is 31.8. The summed E-state index contributed by atoms with van der Waals surface area (Å²) in [6.07, 6.45) is 0. The summed E-state index contributed by atoms with van der Waals surface area (Å²) in [6, 6.07) is 40.5. The Morgan fingerprint density at radius 1 is 0.419 bits per heavy atom. The SMILES string of the molecule is C[Si](Cl)(Cl)c1ccccc1.Cc1cc(Br)cc(Br)c1.Cc1cc(Br)cc([Si](C)(c2ccccc2)c2cc(C)cc(Br)c2)c1. The average molecular weight is 901 g/mol. The van der Waals surface area contributed by atoms with Gasteiger partial charge in [0.25, 0.3) is 6.69 Å². The van der Waals surface area contributed by atoms with Crippen LogP contribution in [0.2, 0.25) is 13.1 Å². The highest BCUT2D eigenvalue weighted by molar-refractivity contribution is 9.11. The predicted octanol–water partition coefficient (Wildman–Crippen LogP) is 10.9. The molecule has 0 saturated carbocycles. The van der Waals surface area contributed by atoms with Gasteiger partial charge in [-0.3, -0.25) is 0 Å². The minimum atomic E-state index is -2.09. The Labute approximate surface area is 302 Å². The van der Waals surface area contributed by atoms with Crippen LogP contribution in [0.3, 0.4) is 0 Å². The molecule has 0 saturated heterocycles. The minimum absolute atomic E-state index is 1.07. The van der Waals surface area contributed by atoms with Gasteiger partial charge in [-0.15, -0.1) is 22.2 Å². The van der Waals surface area contributed by atoms with Crippen LogP contribution in [0, 0.1) is 20.8 Å². The lowest BCUT2D eigenvalue weighted by molar-refractivity contribution is 1.43. The Morgan fingerprint density at radius 2 is 0.744 bits per heavy atom. The van der Waals surface area contributed by atoms with Gasteiger partial charge >= 0.3 is 0 Å². The summed E-state index contributed by atoms with van der Waals surface area (Å²) in [7, 11) is -2.06. The predicted molar refractivity (Wildman–Crippen MR) is 211 cm³/mol. The van der Waals surface area contributed by atoms with E-state index in [1.165, 1.54) is 32.3 Å². The Balaban J connectivity index is 0.000000218. The molecule has 5 rings (SSSR count). The monoisotopic (exact) mass is 896 g/mol. The molecule has 0 aliphatic heterocycles. The Kier molecular flexibility index (Phi) is 14.1. The molecule has 0 amide bonds. The first kappa shape index (κ1) is 36.5. The van der Waals surface area contributed by atoms with E-state index in [2.05, 4.69) is 170 Å². The summed E-state index contributed by atoms with van der Waals surface area (Å²) in [5.41, 5.74) is 3.85. The molecule has 0 spiro atoms. The normalized spacial score (nSPS) is 11.1. The third-order valence-corrected chi connectivity index (χ3v) is 15.7. The summed E-state index contributed by atoms with van der Waals surface area (Å²) >= 11 is 26.1. The zero-order valence-corrected chi connectivity index (χ0v) is 34.6. The van der Waals surface area contributed by atoms with Gasteiger partial charge in [0.1, 0.15) is 8.07 Å². The lowest BCUT2D eigenvalue weighted by atomic mass is 10.2. The first-order chi connectivity index (χ1) is 20.2. The molecular formula is C35H34Br4Cl2Si2. The third kappa shape index (κ3) is 11.1. The fourth-order valence-corrected chi connectivity index (χ4v) is 13.2. The lowest BCUT2D eigenvalue weighted by Gasteiger charge is -2.30. The highest BCUT2D eigenvalue weighted by atomic mass is 79.9. The standard InChI is InChI=1S/C21H20Br2Si.C7H6Br2.C7H8Cl2Si/c1-15-9-17(22)13-20(11-15)24(3,19-7-5-4-6-8-19)21-12-16(2)10-18(23)14-21;1-5-2-6(8)4-7(9)3-5;1-10(8,9)7-5-3-2-4-6-7/h4-14H,1-3H3;2-4H,1H3;2-6H,1H3. The summed E-state index contributed by atoms with van der Waals surface area (Å²) in [4.78, 5) is 0. The van der Waals surface area contributed by atoms with Crippen LogP contribution in [-0.4, -0.2) is 14.8 Å². The number of rotatable bonds is 4. The van der Waals surface area contributed by atoms with Crippen molar-refractivity contribution in [2.75, 3.05) is 0 Å². The van der Waals surface area contributed by atoms with E-state index in [1.807, 2.05) is 42.9 Å². The Morgan fingerprint density at radius 3 is 1.05 bits per heavy atom. The van der Waals surface area contributed by atoms with Crippen LogP contribution in [0.4, 0.5) is 0 Å². The average Bonchev–Trinajstić information content (AvgIpc) is 2.92. The molecule has 0 unspecified atom stereocenters. The van der Waals surface area contributed by atoms with E-state index in [0.29, 0.717) is 0 Å². The van der Waals surface area contributed by atoms with E-state index in [1.54, 1.807) is 0 Å². The summed E-state index contributed by atoms with van der Waals surface area (Å²) in [6.45, 7) is 8.65. The smallest absolute Gasteiger partial charge is 0.140 e. The summed E-state index contributed by atoms with van der Waals surface area (Å²) < 4.78 is 4.54. The molecular weight excluding hydrogens is 867 g/mol. The van der Waals surface area contributed by atoms with Crippen molar-refractivity contribution in [1.82, 2.24) is 0 Å². The van der Waals surface area contributed by atoms with Gasteiger partial charge in [0, 0.05) is 17.9 Å². The van der Waals surface area contributed by atoms with Gasteiger partial charge in [-0.05, 0) is 96.1 Å². The molecule has 0 heterocycles. The van der Waals surface area contributed by atoms with Gasteiger partial charge in [0.15, 0.2) is 0 Å². The fourth-order valence-electron chi connectivity index (χ4n) is 4.74. The number of hydrogen-bond acceptors (Lipinski definition) is 0. The molecule has 0 atom stereocenters. The molecule has 43 heavy (non-hydrogen) atoms. The van der Waals surface area contributed by atoms with E-state index < -0.39 is 14.8 Å². The van der Waals surface area contributed by atoms with Gasteiger partial charge in [-0.25, -0.2) is 0 Å². The molecule has 0 aliphatic rings. The fraction of sp³-hybridized carbons (Fsp3) is 0.143. The van der Waals surface area contributed by atoms with Crippen molar-refractivity contribution in [2.24, 2.45) is 0 Å². The van der Waals surface area contributed by atoms with Gasteiger partial charge in [0.2, 0.25) is 0 Å². The maximum atomic E-state index is 5.96. The Hall–Kier alpha value is -0.966. The van der Waals surface area contributed by atoms with Crippen molar-refractivity contribution >= 4 is 121 Å². The number of benzene rings is 5. The van der Waals surface area contributed by atoms with Gasteiger partial charge in [0.05, 0.1) is 0 Å². The van der Waals surface area contributed by atoms with Crippen molar-refractivity contribution in [3.63, 3.8) is 0 Å². The first-order valence-corrected chi connectivity index (χ1v) is 23.8. The molecule has 0 radical (unpaired) electrons. The number of hydrogen-bond donors (Lipinski definition) is 0. The second-order valence-corrected chi connectivity index (χ2v) is 25.8. The second kappa shape index (κ2) is 16.6. The summed E-state index contributed by atoms with van der Waals surface area (Å²) in [5, 5.41) is 5.36. The van der Waals surface area contributed by atoms with Crippen LogP contribution in [0.15, 0.2) is 133 Å². The first-order valence-electron chi connectivity index (χ1n) is 13.7. The third-order valence-electron chi connectivity index (χ3n) is 6.88. The van der Waals surface area contributed by atoms with E-state index in [-0.39, 0.29) is 0 Å². The quantitative estimate of drug-likeness (QED) is 0.0958. The molecule has 0 nitrogen and oxygen atoms in total. The molecule has 8 heteroatoms. The second-order valence-electron chi connectivity index (χ2n) is 10.7. The maximum Gasteiger partial charge on any atom is 0.277 e. The Bertz CT molecular complexity index is 1500. The highest BCUT2D eigenvalue weighted by Crippen LogP contribution is 2.20. The highest BCUT2D eigenvalue weighted by Gasteiger charge is 2.34. The minimum Gasteiger partial charge on any atom is -0.140 e. The molecule has 5 aromatic rings. The van der Waals surface area contributed by atoms with E-state index in [9.17, 15) is 0 Å². The van der Waals surface area contributed by atoms with Crippen LogP contribution >= 0.6 is 85.9 Å². The molecule has 0 fully saturated rings. The topological polar surface area (TPSA) is 0 Å². The van der Waals surface area contributed by atoms with Crippen LogP contribution < -0.4 is 20.7 Å². The van der Waals surface area contributed by atoms with E-state index >= 15 is 0 Å². The van der Waals surface area contributed by atoms with E-state index in [4.69, 9.17) is 22.2 Å². The zero-order valence-electron chi connectivity index (χ0n) is 24.7. The molecule has 0 aromatic heterocycles. The maximum absolute atomic E-state index is 5.96. The van der Waals surface area contributed by atoms with Crippen molar-refractivity contribution < 1.29 is 0 Å². The number of halogens is 6. The summed E-state index contributed by atoms with van der Waals surface area (Å²) in [5.74, 6) is 0. The van der Waals surface area contributed by atoms with Crippen LogP contribution in [0.1, 0.15) is 16.7 Å². The van der Waals surface area contributed by atoms with Crippen molar-refractivity contribution in [2.45, 2.75) is 33.9 Å². The van der Waals surface area contributed by atoms with Gasteiger partial charge < -0.3 is 0 Å². The number of aryl methyl sites for hydroxylation is 3. The lowest BCUT2D eigenvalue weighted by Crippen LogP contribution is -2.64.